The molecule has 0 spiro atoms. The maximum Gasteiger partial charge on any atom is 0.269 e. The first-order chi connectivity index (χ1) is 10.6. The molecule has 1 heterocycles. The molecule has 0 unspecified atom stereocenters. The summed E-state index contributed by atoms with van der Waals surface area (Å²) in [7, 11) is 0. The third-order valence-electron chi connectivity index (χ3n) is 3.43. The van der Waals surface area contributed by atoms with Gasteiger partial charge in [-0.05, 0) is 19.1 Å². The van der Waals surface area contributed by atoms with Crippen LogP contribution in [0.3, 0.4) is 0 Å². The molecule has 6 nitrogen and oxygen atoms in total. The number of H-pyrrole nitrogens is 1. The van der Waals surface area contributed by atoms with Crippen molar-refractivity contribution in [2.24, 2.45) is 0 Å². The smallest absolute Gasteiger partial charge is 0.269 e. The van der Waals surface area contributed by atoms with E-state index in [2.05, 4.69) is 10.2 Å². The summed E-state index contributed by atoms with van der Waals surface area (Å²) in [6.45, 7) is 1.99. The van der Waals surface area contributed by atoms with Crippen LogP contribution in [0.15, 0.2) is 48.5 Å². The lowest BCUT2D eigenvalue weighted by Crippen LogP contribution is -1.87. The molecule has 3 rings (SSSR count). The molecule has 0 bridgehead atoms. The van der Waals surface area contributed by atoms with Gasteiger partial charge in [-0.1, -0.05) is 29.8 Å². The summed E-state index contributed by atoms with van der Waals surface area (Å²) in [6, 6.07) is 13.6. The molecule has 3 aromatic rings. The van der Waals surface area contributed by atoms with Crippen LogP contribution in [0.25, 0.3) is 22.5 Å². The van der Waals surface area contributed by atoms with Crippen LogP contribution in [0.5, 0.6) is 5.75 Å². The van der Waals surface area contributed by atoms with Gasteiger partial charge >= 0.3 is 0 Å². The van der Waals surface area contributed by atoms with Crippen molar-refractivity contribution < 1.29 is 10.0 Å². The predicted octanol–water partition coefficient (Wildman–Crippen LogP) is 3.67. The molecule has 0 atom stereocenters. The van der Waals surface area contributed by atoms with Gasteiger partial charge in [0.2, 0.25) is 0 Å². The predicted molar refractivity (Wildman–Crippen MR) is 82.5 cm³/mol. The Kier molecular flexibility index (Phi) is 3.34. The molecule has 0 saturated heterocycles. The number of nitro groups is 1. The Morgan fingerprint density at radius 3 is 2.23 bits per heavy atom. The zero-order valence-corrected chi connectivity index (χ0v) is 11.8. The van der Waals surface area contributed by atoms with E-state index in [0.717, 1.165) is 11.1 Å². The minimum atomic E-state index is -0.466. The lowest BCUT2D eigenvalue weighted by Gasteiger charge is -2.01. The fourth-order valence-electron chi connectivity index (χ4n) is 2.20. The molecule has 0 aliphatic rings. The molecule has 2 aromatic carbocycles. The van der Waals surface area contributed by atoms with Crippen molar-refractivity contribution in [3.05, 3.63) is 64.2 Å². The van der Waals surface area contributed by atoms with Crippen molar-refractivity contribution >= 4 is 5.69 Å². The monoisotopic (exact) mass is 295 g/mol. The fourth-order valence-corrected chi connectivity index (χ4v) is 2.20. The quantitative estimate of drug-likeness (QED) is 0.569. The van der Waals surface area contributed by atoms with E-state index >= 15 is 0 Å². The standard InChI is InChI=1S/C16H13N3O3/c1-10-2-4-11(5-3-10)14-16(20)15(18-17-14)12-6-8-13(9-7-12)19(21)22/h2-9,20H,1H3,(H,17,18). The summed E-state index contributed by atoms with van der Waals surface area (Å²) in [5.74, 6) is 0.0257. The number of aryl methyl sites for hydroxylation is 1. The Hall–Kier alpha value is -3.15. The van der Waals surface area contributed by atoms with Crippen LogP contribution in [0.2, 0.25) is 0 Å². The van der Waals surface area contributed by atoms with E-state index in [1.807, 2.05) is 31.2 Å². The van der Waals surface area contributed by atoms with Gasteiger partial charge in [0.15, 0.2) is 5.75 Å². The molecule has 0 fully saturated rings. The van der Waals surface area contributed by atoms with Gasteiger partial charge in [0.05, 0.1) is 4.92 Å². The van der Waals surface area contributed by atoms with Crippen molar-refractivity contribution in [1.29, 1.82) is 0 Å². The number of aromatic hydroxyl groups is 1. The third-order valence-corrected chi connectivity index (χ3v) is 3.43. The Balaban J connectivity index is 1.99. The molecular formula is C16H13N3O3. The number of nitrogens with zero attached hydrogens (tertiary/aromatic N) is 2. The molecule has 0 saturated carbocycles. The number of hydrogen-bond donors (Lipinski definition) is 2. The molecule has 0 aliphatic carbocycles. The number of aromatic nitrogens is 2. The fraction of sp³-hybridized carbons (Fsp3) is 0.0625. The topological polar surface area (TPSA) is 92.0 Å². The highest BCUT2D eigenvalue weighted by Crippen LogP contribution is 2.36. The summed E-state index contributed by atoms with van der Waals surface area (Å²) >= 11 is 0. The van der Waals surface area contributed by atoms with Crippen LogP contribution < -0.4 is 0 Å². The van der Waals surface area contributed by atoms with Gasteiger partial charge in [-0.25, -0.2) is 0 Å². The van der Waals surface area contributed by atoms with Crippen LogP contribution in [-0.4, -0.2) is 20.2 Å². The summed E-state index contributed by atoms with van der Waals surface area (Å²) in [5.41, 5.74) is 3.44. The lowest BCUT2D eigenvalue weighted by molar-refractivity contribution is -0.384. The van der Waals surface area contributed by atoms with Crippen LogP contribution in [0.1, 0.15) is 5.56 Å². The average Bonchev–Trinajstić information content (AvgIpc) is 2.90. The van der Waals surface area contributed by atoms with E-state index < -0.39 is 4.92 Å². The maximum absolute atomic E-state index is 10.7. The Morgan fingerprint density at radius 1 is 1.05 bits per heavy atom. The van der Waals surface area contributed by atoms with Gasteiger partial charge < -0.3 is 5.11 Å². The van der Waals surface area contributed by atoms with Crippen molar-refractivity contribution in [2.45, 2.75) is 6.92 Å². The number of nitro benzene ring substituents is 1. The zero-order chi connectivity index (χ0) is 15.7. The Labute approximate surface area is 126 Å². The number of nitrogens with one attached hydrogen (secondary N) is 1. The Morgan fingerprint density at radius 2 is 1.64 bits per heavy atom. The summed E-state index contributed by atoms with van der Waals surface area (Å²) in [5, 5.41) is 27.9. The average molecular weight is 295 g/mol. The summed E-state index contributed by atoms with van der Waals surface area (Å²) < 4.78 is 0. The molecule has 0 aliphatic heterocycles. The first-order valence-corrected chi connectivity index (χ1v) is 6.65. The minimum Gasteiger partial charge on any atom is -0.504 e. The first kappa shape index (κ1) is 13.8. The second-order valence-corrected chi connectivity index (χ2v) is 4.97. The minimum absolute atomic E-state index is 0.00228. The molecule has 0 radical (unpaired) electrons. The van der Waals surface area contributed by atoms with E-state index in [0.29, 0.717) is 17.0 Å². The van der Waals surface area contributed by atoms with E-state index in [1.165, 1.54) is 12.1 Å². The highest BCUT2D eigenvalue weighted by molar-refractivity contribution is 5.77. The SMILES string of the molecule is Cc1ccc(-c2[nH]nc(-c3ccc([N+](=O)[O-])cc3)c2O)cc1. The first-order valence-electron chi connectivity index (χ1n) is 6.65. The molecule has 6 heteroatoms. The van der Waals surface area contributed by atoms with E-state index in [9.17, 15) is 15.2 Å². The van der Waals surface area contributed by atoms with E-state index in [1.54, 1.807) is 12.1 Å². The summed E-state index contributed by atoms with van der Waals surface area (Å²) in [6.07, 6.45) is 0. The van der Waals surface area contributed by atoms with Gasteiger partial charge in [-0.15, -0.1) is 0 Å². The van der Waals surface area contributed by atoms with Crippen molar-refractivity contribution in [3.63, 3.8) is 0 Å². The van der Waals surface area contributed by atoms with Crippen molar-refractivity contribution in [3.8, 4) is 28.3 Å². The second-order valence-electron chi connectivity index (χ2n) is 4.97. The normalized spacial score (nSPS) is 10.6. The molecule has 0 amide bonds. The Bertz CT molecular complexity index is 821. The number of non-ortho nitro benzene ring substituents is 1. The number of hydrogen-bond acceptors (Lipinski definition) is 4. The maximum atomic E-state index is 10.7. The van der Waals surface area contributed by atoms with Crippen LogP contribution in [0.4, 0.5) is 5.69 Å². The molecular weight excluding hydrogens is 282 g/mol. The van der Waals surface area contributed by atoms with Crippen LogP contribution in [-0.2, 0) is 0 Å². The second kappa shape index (κ2) is 5.33. The lowest BCUT2D eigenvalue weighted by atomic mass is 10.1. The molecule has 2 N–H and O–H groups in total. The highest BCUT2D eigenvalue weighted by Gasteiger charge is 2.16. The molecule has 110 valence electrons. The largest absolute Gasteiger partial charge is 0.504 e. The van der Waals surface area contributed by atoms with E-state index in [4.69, 9.17) is 0 Å². The third kappa shape index (κ3) is 2.42. The van der Waals surface area contributed by atoms with Crippen molar-refractivity contribution in [2.75, 3.05) is 0 Å². The van der Waals surface area contributed by atoms with Gasteiger partial charge in [0, 0.05) is 23.3 Å². The van der Waals surface area contributed by atoms with Crippen LogP contribution >= 0.6 is 0 Å². The molecule has 1 aromatic heterocycles. The summed E-state index contributed by atoms with van der Waals surface area (Å²) in [4.78, 5) is 10.2. The van der Waals surface area contributed by atoms with Gasteiger partial charge in [0.25, 0.3) is 5.69 Å². The van der Waals surface area contributed by atoms with Gasteiger partial charge in [-0.2, -0.15) is 5.10 Å². The van der Waals surface area contributed by atoms with Gasteiger partial charge in [-0.3, -0.25) is 15.2 Å². The number of rotatable bonds is 3. The number of aromatic amines is 1. The van der Waals surface area contributed by atoms with Gasteiger partial charge in [0.1, 0.15) is 11.4 Å². The van der Waals surface area contributed by atoms with E-state index in [-0.39, 0.29) is 11.4 Å². The zero-order valence-electron chi connectivity index (χ0n) is 11.8. The molecule has 22 heavy (non-hydrogen) atoms. The van der Waals surface area contributed by atoms with Crippen molar-refractivity contribution in [1.82, 2.24) is 10.2 Å². The van der Waals surface area contributed by atoms with Crippen LogP contribution in [0, 0.1) is 17.0 Å². The highest BCUT2D eigenvalue weighted by atomic mass is 16.6. The number of benzene rings is 2.